The highest BCUT2D eigenvalue weighted by molar-refractivity contribution is 9.10. The monoisotopic (exact) mass is 627 g/mol. The molecule has 0 aliphatic carbocycles. The summed E-state index contributed by atoms with van der Waals surface area (Å²) in [4.78, 5) is 23.9. The Bertz CT molecular complexity index is 1220. The van der Waals surface area contributed by atoms with Gasteiger partial charge in [0.05, 0.1) is 10.6 Å². The Morgan fingerprint density at radius 1 is 1.20 bits per heavy atom. The highest BCUT2D eigenvalue weighted by atomic mass is 79.9. The molecule has 1 aromatic carbocycles. The van der Waals surface area contributed by atoms with Crippen LogP contribution in [0.1, 0.15) is 65.5 Å². The van der Waals surface area contributed by atoms with E-state index in [9.17, 15) is 19.8 Å². The molecule has 222 valence electrons. The van der Waals surface area contributed by atoms with Gasteiger partial charge in [-0.25, -0.2) is 9.59 Å². The van der Waals surface area contributed by atoms with Crippen molar-refractivity contribution in [1.82, 2.24) is 0 Å². The molecule has 0 bridgehead atoms. The van der Waals surface area contributed by atoms with Crippen LogP contribution >= 0.6 is 15.9 Å². The second kappa shape index (κ2) is 16.2. The number of carbonyl (C=O) groups is 2. The molecule has 0 unspecified atom stereocenters. The summed E-state index contributed by atoms with van der Waals surface area (Å²) in [5.41, 5.74) is 5.21. The number of aliphatic hydroxyl groups is 1. The number of rotatable bonds is 5. The Hall–Kier alpha value is -3.28. The summed E-state index contributed by atoms with van der Waals surface area (Å²) < 4.78 is 11.5. The Morgan fingerprint density at radius 2 is 1.90 bits per heavy atom. The van der Waals surface area contributed by atoms with Crippen LogP contribution in [0.5, 0.6) is 5.75 Å². The second-order valence-corrected chi connectivity index (χ2v) is 12.1. The van der Waals surface area contributed by atoms with Crippen LogP contribution in [0.15, 0.2) is 71.3 Å². The second-order valence-electron chi connectivity index (χ2n) is 11.3. The van der Waals surface area contributed by atoms with Gasteiger partial charge in [0, 0.05) is 17.4 Å². The van der Waals surface area contributed by atoms with Crippen LogP contribution in [0, 0.1) is 35.0 Å². The number of aromatic hydroxyl groups is 1. The topological polar surface area (TPSA) is 119 Å². The van der Waals surface area contributed by atoms with Gasteiger partial charge in [0.1, 0.15) is 18.0 Å². The van der Waals surface area contributed by atoms with Crippen molar-refractivity contribution in [2.24, 2.45) is 28.9 Å². The predicted octanol–water partition coefficient (Wildman–Crippen LogP) is 6.91. The zero-order valence-electron chi connectivity index (χ0n) is 24.4. The quantitative estimate of drug-likeness (QED) is 0.185. The van der Waals surface area contributed by atoms with E-state index in [0.717, 1.165) is 0 Å². The Kier molecular flexibility index (Phi) is 13.4. The predicted molar refractivity (Wildman–Crippen MR) is 165 cm³/mol. The normalized spacial score (nSPS) is 26.8. The molecule has 1 aliphatic rings. The summed E-state index contributed by atoms with van der Waals surface area (Å²) in [5, 5.41) is 20.8. The molecule has 2 rings (SSSR count). The van der Waals surface area contributed by atoms with Gasteiger partial charge in [-0.2, -0.15) is 0 Å². The van der Waals surface area contributed by atoms with Gasteiger partial charge >= 0.3 is 12.1 Å². The van der Waals surface area contributed by atoms with Crippen molar-refractivity contribution in [3.05, 3.63) is 76.8 Å². The van der Waals surface area contributed by atoms with E-state index >= 15 is 0 Å². The molecule has 7 nitrogen and oxygen atoms in total. The number of nitrogens with two attached hydrogens (primary N) is 1. The number of hydrogen-bond donors (Lipinski definition) is 3. The first-order valence-electron chi connectivity index (χ1n) is 13.8. The molecular formula is C33H42BrNO6. The van der Waals surface area contributed by atoms with Gasteiger partial charge in [-0.1, -0.05) is 82.9 Å². The maximum Gasteiger partial charge on any atom is 0.404 e. The molecular weight excluding hydrogens is 586 g/mol. The van der Waals surface area contributed by atoms with Crippen molar-refractivity contribution in [3.8, 4) is 17.6 Å². The fraction of sp³-hybridized carbons (Fsp3) is 0.455. The van der Waals surface area contributed by atoms with Gasteiger partial charge in [0.25, 0.3) is 0 Å². The van der Waals surface area contributed by atoms with Gasteiger partial charge in [0.2, 0.25) is 0 Å². The number of hydrogen-bond acceptors (Lipinski definition) is 6. The van der Waals surface area contributed by atoms with E-state index in [1.807, 2.05) is 52.8 Å². The molecule has 0 aromatic heterocycles. The zero-order valence-corrected chi connectivity index (χ0v) is 26.0. The smallest absolute Gasteiger partial charge is 0.404 e. The number of phenolic OH excluding ortho intramolecular Hbond substituents is 1. The van der Waals surface area contributed by atoms with Crippen LogP contribution < -0.4 is 5.73 Å². The molecule has 0 saturated carbocycles. The first-order valence-corrected chi connectivity index (χ1v) is 14.6. The Morgan fingerprint density at radius 3 is 2.61 bits per heavy atom. The van der Waals surface area contributed by atoms with E-state index in [2.05, 4.69) is 27.8 Å². The molecule has 6 atom stereocenters. The number of halogens is 1. The number of ether oxygens (including phenoxy) is 2. The van der Waals surface area contributed by atoms with Crippen LogP contribution in [0.2, 0.25) is 0 Å². The summed E-state index contributed by atoms with van der Waals surface area (Å²) in [6, 6.07) is 4.99. The molecule has 8 heteroatoms. The molecule has 0 saturated heterocycles. The number of allylic oxidation sites excluding steroid dienone is 4. The lowest BCUT2D eigenvalue weighted by Gasteiger charge is -2.28. The minimum Gasteiger partial charge on any atom is -0.507 e. The first-order chi connectivity index (χ1) is 19.3. The number of phenols is 1. The number of amides is 1. The molecule has 0 spiro atoms. The van der Waals surface area contributed by atoms with E-state index < -0.39 is 29.7 Å². The fourth-order valence-electron chi connectivity index (χ4n) is 4.50. The Labute approximate surface area is 252 Å². The molecule has 0 radical (unpaired) electrons. The number of primary amides is 1. The van der Waals surface area contributed by atoms with E-state index in [-0.39, 0.29) is 29.6 Å². The van der Waals surface area contributed by atoms with Gasteiger partial charge in [0.15, 0.2) is 0 Å². The number of cyclic esters (lactones) is 1. The lowest BCUT2D eigenvalue weighted by molar-refractivity contribution is -0.142. The largest absolute Gasteiger partial charge is 0.507 e. The van der Waals surface area contributed by atoms with Crippen LogP contribution in [0.25, 0.3) is 0 Å². The third kappa shape index (κ3) is 11.6. The number of carbonyl (C=O) groups excluding carboxylic acids is 2. The summed E-state index contributed by atoms with van der Waals surface area (Å²) in [6.07, 6.45) is 13.6. The SMILES string of the molecule is C[C@@H]1C/C=C/C(=O)O[C@H](/C=C/C#C/C=C/C(C)(C)[C@@H](O)c2cccc(O)c2Br)[C@@H](C)/C=C/[C@H](C)C[C@H](OC(N)=O)C1. The van der Waals surface area contributed by atoms with Crippen LogP contribution in [0.4, 0.5) is 4.79 Å². The summed E-state index contributed by atoms with van der Waals surface area (Å²) in [6.45, 7) is 9.79. The van der Waals surface area contributed by atoms with Gasteiger partial charge < -0.3 is 25.4 Å². The van der Waals surface area contributed by atoms with Gasteiger partial charge in [-0.15, -0.1) is 0 Å². The van der Waals surface area contributed by atoms with Crippen molar-refractivity contribution in [3.63, 3.8) is 0 Å². The highest BCUT2D eigenvalue weighted by Crippen LogP contribution is 2.40. The van der Waals surface area contributed by atoms with Gasteiger partial charge in [-0.3, -0.25) is 0 Å². The third-order valence-corrected chi connectivity index (χ3v) is 7.81. The molecule has 1 amide bonds. The molecule has 0 fully saturated rings. The van der Waals surface area contributed by atoms with Crippen molar-refractivity contribution in [2.45, 2.75) is 72.2 Å². The first kappa shape index (κ1) is 33.9. The lowest BCUT2D eigenvalue weighted by atomic mass is 9.82. The zero-order chi connectivity index (χ0) is 30.6. The maximum atomic E-state index is 12.5. The van der Waals surface area contributed by atoms with Crippen molar-refractivity contribution < 1.29 is 29.3 Å². The number of benzene rings is 1. The van der Waals surface area contributed by atoms with Crippen molar-refractivity contribution >= 4 is 28.0 Å². The van der Waals surface area contributed by atoms with Crippen LogP contribution in [-0.4, -0.2) is 34.5 Å². The summed E-state index contributed by atoms with van der Waals surface area (Å²) >= 11 is 3.34. The minimum absolute atomic E-state index is 0.0645. The van der Waals surface area contributed by atoms with Gasteiger partial charge in [-0.05, 0) is 76.9 Å². The molecule has 1 heterocycles. The molecule has 41 heavy (non-hydrogen) atoms. The molecule has 4 N–H and O–H groups in total. The fourth-order valence-corrected chi connectivity index (χ4v) is 4.98. The van der Waals surface area contributed by atoms with E-state index in [0.29, 0.717) is 29.3 Å². The lowest BCUT2D eigenvalue weighted by Crippen LogP contribution is -2.26. The van der Waals surface area contributed by atoms with Crippen LogP contribution in [-0.2, 0) is 14.3 Å². The maximum absolute atomic E-state index is 12.5. The van der Waals surface area contributed by atoms with Crippen molar-refractivity contribution in [1.29, 1.82) is 0 Å². The average molecular weight is 629 g/mol. The average Bonchev–Trinajstić information content (AvgIpc) is 2.88. The number of aliphatic hydroxyl groups excluding tert-OH is 1. The summed E-state index contributed by atoms with van der Waals surface area (Å²) in [5.74, 6) is 5.69. The van der Waals surface area contributed by atoms with Crippen LogP contribution in [0.3, 0.4) is 0 Å². The van der Waals surface area contributed by atoms with Crippen molar-refractivity contribution in [2.75, 3.05) is 0 Å². The highest BCUT2D eigenvalue weighted by Gasteiger charge is 2.28. The van der Waals surface area contributed by atoms with E-state index in [1.54, 1.807) is 42.5 Å². The van der Waals surface area contributed by atoms with E-state index in [1.165, 1.54) is 6.08 Å². The molecule has 1 aliphatic heterocycles. The number of esters is 1. The minimum atomic E-state index is -0.870. The third-order valence-electron chi connectivity index (χ3n) is 6.95. The molecule has 1 aromatic rings. The standard InChI is InChI=1S/C33H42BrNO6/c1-22-12-10-16-29(37)41-28(24(3)18-17-23(2)21-25(20-22)40-32(35)39)15-8-6-7-9-19-33(4,5)31(38)26-13-11-14-27(36)30(26)34/h8-11,13-19,22-25,28,31,36,38H,12,20-21H2,1-5H3,(H2,35,39)/b15-8+,16-10+,18-17+,19-9+/t22-,23+,24+,25-,28-,31+/m1/s1. The summed E-state index contributed by atoms with van der Waals surface area (Å²) in [7, 11) is 0. The Balaban J connectivity index is 2.15. The van der Waals surface area contributed by atoms with E-state index in [4.69, 9.17) is 15.2 Å².